The van der Waals surface area contributed by atoms with Crippen LogP contribution >= 0.6 is 11.6 Å². The number of ether oxygens (including phenoxy) is 3. The van der Waals surface area contributed by atoms with Crippen molar-refractivity contribution in [3.8, 4) is 11.5 Å². The lowest BCUT2D eigenvalue weighted by atomic mass is 9.96. The second-order valence-corrected chi connectivity index (χ2v) is 7.79. The number of hydrogen-bond acceptors (Lipinski definition) is 7. The van der Waals surface area contributed by atoms with Gasteiger partial charge in [0.05, 0.1) is 49.1 Å². The molecule has 32 heavy (non-hydrogen) atoms. The highest BCUT2D eigenvalue weighted by molar-refractivity contribution is 6.46. The molecular formula is C23H25ClN2O6. The van der Waals surface area contributed by atoms with E-state index >= 15 is 0 Å². The van der Waals surface area contributed by atoms with E-state index in [1.165, 1.54) is 31.3 Å². The number of rotatable bonds is 8. The summed E-state index contributed by atoms with van der Waals surface area (Å²) in [4.78, 5) is 31.5. The zero-order valence-corrected chi connectivity index (χ0v) is 19.0. The number of amides is 1. The van der Waals surface area contributed by atoms with Crippen molar-refractivity contribution in [1.82, 2.24) is 9.88 Å². The maximum atomic E-state index is 13.1. The third-order valence-electron chi connectivity index (χ3n) is 5.05. The number of likely N-dealkylation sites (tertiary alicyclic amines) is 1. The van der Waals surface area contributed by atoms with Crippen molar-refractivity contribution in [3.05, 3.63) is 58.4 Å². The van der Waals surface area contributed by atoms with Crippen molar-refractivity contribution in [3.63, 3.8) is 0 Å². The Bertz CT molecular complexity index is 1040. The Hall–Kier alpha value is -3.10. The first-order chi connectivity index (χ1) is 15.3. The van der Waals surface area contributed by atoms with E-state index in [9.17, 15) is 14.7 Å². The number of hydrogen-bond donors (Lipinski definition) is 1. The molecule has 0 radical (unpaired) electrons. The highest BCUT2D eigenvalue weighted by Gasteiger charge is 2.46. The smallest absolute Gasteiger partial charge is 0.295 e. The lowest BCUT2D eigenvalue weighted by Crippen LogP contribution is -2.33. The topological polar surface area (TPSA) is 98.2 Å². The summed E-state index contributed by atoms with van der Waals surface area (Å²) in [6, 6.07) is 5.54. The van der Waals surface area contributed by atoms with Gasteiger partial charge in [-0.05, 0) is 31.5 Å². The second-order valence-electron chi connectivity index (χ2n) is 7.39. The fourth-order valence-corrected chi connectivity index (χ4v) is 3.80. The normalized spacial score (nSPS) is 17.8. The summed E-state index contributed by atoms with van der Waals surface area (Å²) in [5.41, 5.74) is 0.687. The van der Waals surface area contributed by atoms with Crippen molar-refractivity contribution in [2.24, 2.45) is 0 Å². The molecule has 1 saturated heterocycles. The van der Waals surface area contributed by atoms with Gasteiger partial charge in [0.15, 0.2) is 0 Å². The van der Waals surface area contributed by atoms with Crippen molar-refractivity contribution in [1.29, 1.82) is 0 Å². The zero-order valence-electron chi connectivity index (χ0n) is 18.3. The van der Waals surface area contributed by atoms with Crippen molar-refractivity contribution in [2.75, 3.05) is 27.4 Å². The molecule has 1 N–H and O–H groups in total. The molecule has 0 saturated carbocycles. The number of Topliss-reactive ketones (excluding diaryl/α,β-unsaturated/α-hetero) is 1. The Morgan fingerprint density at radius 1 is 1.22 bits per heavy atom. The van der Waals surface area contributed by atoms with Crippen LogP contribution in [0.25, 0.3) is 5.76 Å². The van der Waals surface area contributed by atoms with Gasteiger partial charge >= 0.3 is 0 Å². The summed E-state index contributed by atoms with van der Waals surface area (Å²) in [5, 5.41) is 11.5. The molecule has 0 bridgehead atoms. The van der Waals surface area contributed by atoms with Gasteiger partial charge in [-0.1, -0.05) is 17.7 Å². The predicted molar refractivity (Wildman–Crippen MR) is 119 cm³/mol. The van der Waals surface area contributed by atoms with Crippen LogP contribution in [0.2, 0.25) is 5.02 Å². The summed E-state index contributed by atoms with van der Waals surface area (Å²) >= 11 is 6.17. The average molecular weight is 461 g/mol. The third-order valence-corrected chi connectivity index (χ3v) is 5.35. The van der Waals surface area contributed by atoms with Crippen LogP contribution in [0.5, 0.6) is 11.5 Å². The van der Waals surface area contributed by atoms with Crippen LogP contribution in [0.3, 0.4) is 0 Å². The maximum absolute atomic E-state index is 13.1. The molecule has 1 unspecified atom stereocenters. The number of ketones is 1. The Morgan fingerprint density at radius 3 is 2.53 bits per heavy atom. The molecule has 3 rings (SSSR count). The SMILES string of the molecule is COc1cc(/C(O)=C2\C(=O)C(=O)N(CCOC(C)C)C2c2cccnc2)c(OC)cc1Cl. The van der Waals surface area contributed by atoms with E-state index in [-0.39, 0.29) is 46.9 Å². The summed E-state index contributed by atoms with van der Waals surface area (Å²) in [5.74, 6) is -1.42. The molecular weight excluding hydrogens is 436 g/mol. The van der Waals surface area contributed by atoms with Crippen LogP contribution in [0.15, 0.2) is 42.2 Å². The number of halogens is 1. The van der Waals surface area contributed by atoms with Gasteiger partial charge in [-0.25, -0.2) is 0 Å². The Labute approximate surface area is 191 Å². The minimum absolute atomic E-state index is 0.0329. The van der Waals surface area contributed by atoms with Gasteiger partial charge in [-0.3, -0.25) is 14.6 Å². The molecule has 0 aliphatic carbocycles. The number of benzene rings is 1. The quantitative estimate of drug-likeness (QED) is 0.365. The first-order valence-corrected chi connectivity index (χ1v) is 10.4. The molecule has 0 spiro atoms. The Morgan fingerprint density at radius 2 is 1.94 bits per heavy atom. The van der Waals surface area contributed by atoms with Gasteiger partial charge in [0.1, 0.15) is 17.3 Å². The molecule has 2 aromatic rings. The minimum atomic E-state index is -0.842. The highest BCUT2D eigenvalue weighted by Crippen LogP contribution is 2.42. The van der Waals surface area contributed by atoms with Crippen LogP contribution < -0.4 is 9.47 Å². The fraction of sp³-hybridized carbons (Fsp3) is 0.348. The Kier molecular flexibility index (Phi) is 7.37. The van der Waals surface area contributed by atoms with E-state index in [1.807, 2.05) is 13.8 Å². The molecule has 1 aromatic carbocycles. The molecule has 1 aromatic heterocycles. The zero-order chi connectivity index (χ0) is 23.4. The number of aliphatic hydroxyl groups is 1. The molecule has 170 valence electrons. The van der Waals surface area contributed by atoms with Crippen molar-refractivity contribution in [2.45, 2.75) is 26.0 Å². The third kappa shape index (κ3) is 4.56. The van der Waals surface area contributed by atoms with E-state index in [1.54, 1.807) is 24.5 Å². The maximum Gasteiger partial charge on any atom is 0.295 e. The number of methoxy groups -OCH3 is 2. The first kappa shape index (κ1) is 23.6. The minimum Gasteiger partial charge on any atom is -0.507 e. The van der Waals surface area contributed by atoms with E-state index in [2.05, 4.69) is 4.98 Å². The van der Waals surface area contributed by atoms with Crippen molar-refractivity contribution >= 4 is 29.1 Å². The number of nitrogens with zero attached hydrogens (tertiary/aromatic N) is 2. The predicted octanol–water partition coefficient (Wildman–Crippen LogP) is 3.60. The van der Waals surface area contributed by atoms with Crippen LogP contribution in [-0.2, 0) is 14.3 Å². The molecule has 2 heterocycles. The number of pyridine rings is 1. The summed E-state index contributed by atoms with van der Waals surface area (Å²) < 4.78 is 16.2. The monoisotopic (exact) mass is 460 g/mol. The Balaban J connectivity index is 2.17. The first-order valence-electron chi connectivity index (χ1n) is 10.0. The van der Waals surface area contributed by atoms with Crippen LogP contribution in [0, 0.1) is 0 Å². The van der Waals surface area contributed by atoms with E-state index in [0.29, 0.717) is 5.56 Å². The van der Waals surface area contributed by atoms with Gasteiger partial charge < -0.3 is 24.2 Å². The molecule has 1 atom stereocenters. The number of aromatic nitrogens is 1. The summed E-state index contributed by atoms with van der Waals surface area (Å²) in [7, 11) is 2.84. The van der Waals surface area contributed by atoms with E-state index < -0.39 is 23.5 Å². The lowest BCUT2D eigenvalue weighted by Gasteiger charge is -2.25. The summed E-state index contributed by atoms with van der Waals surface area (Å²) in [6.07, 6.45) is 3.11. The molecule has 1 amide bonds. The average Bonchev–Trinajstić information content (AvgIpc) is 3.03. The van der Waals surface area contributed by atoms with Crippen LogP contribution in [0.4, 0.5) is 0 Å². The van der Waals surface area contributed by atoms with Crippen LogP contribution in [-0.4, -0.2) is 60.2 Å². The largest absolute Gasteiger partial charge is 0.507 e. The van der Waals surface area contributed by atoms with Gasteiger partial charge in [-0.2, -0.15) is 0 Å². The second kappa shape index (κ2) is 10.0. The van der Waals surface area contributed by atoms with Gasteiger partial charge in [0, 0.05) is 25.0 Å². The van der Waals surface area contributed by atoms with Gasteiger partial charge in [0.25, 0.3) is 11.7 Å². The molecule has 8 nitrogen and oxygen atoms in total. The lowest BCUT2D eigenvalue weighted by molar-refractivity contribution is -0.140. The number of carbonyl (C=O) groups is 2. The van der Waals surface area contributed by atoms with Gasteiger partial charge in [0.2, 0.25) is 0 Å². The summed E-state index contributed by atoms with van der Waals surface area (Å²) in [6.45, 7) is 4.17. The molecule has 1 aliphatic rings. The van der Waals surface area contributed by atoms with Crippen LogP contribution in [0.1, 0.15) is 31.0 Å². The fourth-order valence-electron chi connectivity index (χ4n) is 3.57. The van der Waals surface area contributed by atoms with Crippen molar-refractivity contribution < 1.29 is 28.9 Å². The van der Waals surface area contributed by atoms with Gasteiger partial charge in [-0.15, -0.1) is 0 Å². The van der Waals surface area contributed by atoms with E-state index in [4.69, 9.17) is 25.8 Å². The standard InChI is InChI=1S/C23H25ClN2O6/c1-13(2)32-9-8-26-20(14-6-5-7-25-12-14)19(22(28)23(26)29)21(27)15-10-18(31-4)16(24)11-17(15)30-3/h5-7,10-13,20,27H,8-9H2,1-4H3/b21-19+. The molecule has 1 fully saturated rings. The number of aliphatic hydroxyl groups excluding tert-OH is 1. The molecule has 1 aliphatic heterocycles. The van der Waals surface area contributed by atoms with E-state index in [0.717, 1.165) is 0 Å². The number of carbonyl (C=O) groups excluding carboxylic acids is 2. The molecule has 9 heteroatoms. The highest BCUT2D eigenvalue weighted by atomic mass is 35.5.